The monoisotopic (exact) mass is 507 g/mol. The molecule has 5 heteroatoms. The van der Waals surface area contributed by atoms with Gasteiger partial charge in [-0.2, -0.15) is 0 Å². The smallest absolute Gasteiger partial charge is 0.146 e. The average Bonchev–Trinajstić information content (AvgIpc) is 3.49. The van der Waals surface area contributed by atoms with Crippen LogP contribution in [0.4, 0.5) is 0 Å². The summed E-state index contributed by atoms with van der Waals surface area (Å²) in [6, 6.07) is 34.6. The highest BCUT2D eigenvalue weighted by Gasteiger charge is 2.48. The topological polar surface area (TPSA) is 50.9 Å². The van der Waals surface area contributed by atoms with E-state index in [0.29, 0.717) is 12.2 Å². The van der Waals surface area contributed by atoms with Gasteiger partial charge in [0, 0.05) is 10.4 Å². The maximum absolute atomic E-state index is 12.6. The number of fused-ring (bicyclic) bond motifs is 3. The number of aliphatic hydroxyl groups is 1. The summed E-state index contributed by atoms with van der Waals surface area (Å²) in [5.41, 5.74) is 5.55. The second-order valence-electron chi connectivity index (χ2n) is 8.67. The fourth-order valence-corrected chi connectivity index (χ4v) is 5.35. The van der Waals surface area contributed by atoms with Crippen molar-refractivity contribution in [3.63, 3.8) is 0 Å². The first-order chi connectivity index (χ1) is 16.6. The lowest BCUT2D eigenvalue weighted by molar-refractivity contribution is 0.0592. The van der Waals surface area contributed by atoms with Crippen molar-refractivity contribution in [2.24, 2.45) is 0 Å². The molecule has 1 aliphatic rings. The van der Waals surface area contributed by atoms with Gasteiger partial charge in [0.05, 0.1) is 12.7 Å². The standard InChI is InChI=1S/C29H22BrN3O/c30-22-16-14-20(15-17-22)18-33-19-27(31-32-33)29(34,21-8-2-1-3-9-21)28-25-12-6-4-10-23(25)24-11-5-7-13-26(24)28/h1-17,19,28,34H,18H2. The number of benzene rings is 4. The molecule has 1 unspecified atom stereocenters. The summed E-state index contributed by atoms with van der Waals surface area (Å²) < 4.78 is 2.83. The van der Waals surface area contributed by atoms with Crippen molar-refractivity contribution in [2.45, 2.75) is 18.1 Å². The van der Waals surface area contributed by atoms with Crippen LogP contribution in [-0.4, -0.2) is 20.1 Å². The van der Waals surface area contributed by atoms with E-state index < -0.39 is 5.60 Å². The van der Waals surface area contributed by atoms with Crippen molar-refractivity contribution in [3.05, 3.63) is 142 Å². The molecule has 0 aliphatic heterocycles. The third kappa shape index (κ3) is 3.40. The second-order valence-corrected chi connectivity index (χ2v) is 9.58. The van der Waals surface area contributed by atoms with Crippen LogP contribution in [0, 0.1) is 0 Å². The van der Waals surface area contributed by atoms with Gasteiger partial charge in [-0.15, -0.1) is 5.10 Å². The summed E-state index contributed by atoms with van der Waals surface area (Å²) in [6.45, 7) is 0.572. The lowest BCUT2D eigenvalue weighted by Crippen LogP contribution is -2.35. The zero-order chi connectivity index (χ0) is 23.1. The van der Waals surface area contributed by atoms with Gasteiger partial charge < -0.3 is 5.11 Å². The second kappa shape index (κ2) is 8.35. The van der Waals surface area contributed by atoms with E-state index in [1.807, 2.05) is 72.9 Å². The molecule has 0 amide bonds. The number of nitrogens with zero attached hydrogens (tertiary/aromatic N) is 3. The Morgan fingerprint density at radius 1 is 0.765 bits per heavy atom. The van der Waals surface area contributed by atoms with E-state index in [2.05, 4.69) is 62.6 Å². The molecule has 6 rings (SSSR count). The first-order valence-electron chi connectivity index (χ1n) is 11.3. The summed E-state index contributed by atoms with van der Waals surface area (Å²) in [5.74, 6) is -0.305. The highest BCUT2D eigenvalue weighted by molar-refractivity contribution is 9.10. The molecule has 5 aromatic rings. The van der Waals surface area contributed by atoms with Gasteiger partial charge in [-0.3, -0.25) is 0 Å². The van der Waals surface area contributed by atoms with Gasteiger partial charge in [-0.05, 0) is 45.5 Å². The summed E-state index contributed by atoms with van der Waals surface area (Å²) >= 11 is 3.48. The summed E-state index contributed by atoms with van der Waals surface area (Å²) in [4.78, 5) is 0. The van der Waals surface area contributed by atoms with Crippen LogP contribution >= 0.6 is 15.9 Å². The van der Waals surface area contributed by atoms with Crippen molar-refractivity contribution in [1.29, 1.82) is 0 Å². The van der Waals surface area contributed by atoms with Gasteiger partial charge in [0.25, 0.3) is 0 Å². The lowest BCUT2D eigenvalue weighted by atomic mass is 9.74. The number of aromatic nitrogens is 3. The molecular weight excluding hydrogens is 486 g/mol. The summed E-state index contributed by atoms with van der Waals surface area (Å²) in [6.07, 6.45) is 1.87. The fraction of sp³-hybridized carbons (Fsp3) is 0.103. The predicted octanol–water partition coefficient (Wildman–Crippen LogP) is 6.14. The molecule has 1 atom stereocenters. The van der Waals surface area contributed by atoms with Crippen LogP contribution in [-0.2, 0) is 12.1 Å². The van der Waals surface area contributed by atoms with E-state index >= 15 is 0 Å². The average molecular weight is 508 g/mol. The highest BCUT2D eigenvalue weighted by atomic mass is 79.9. The largest absolute Gasteiger partial charge is 0.378 e. The Kier molecular flexibility index (Phi) is 5.16. The molecule has 4 nitrogen and oxygen atoms in total. The summed E-state index contributed by atoms with van der Waals surface area (Å²) in [5, 5.41) is 21.6. The number of hydrogen-bond acceptors (Lipinski definition) is 3. The molecule has 0 fully saturated rings. The maximum atomic E-state index is 12.6. The normalized spacial score (nSPS) is 14.4. The quantitative estimate of drug-likeness (QED) is 0.311. The first kappa shape index (κ1) is 21.0. The Balaban J connectivity index is 1.51. The van der Waals surface area contributed by atoms with Gasteiger partial charge in [0.15, 0.2) is 0 Å². The Morgan fingerprint density at radius 2 is 1.35 bits per heavy atom. The number of halogens is 1. The van der Waals surface area contributed by atoms with Crippen LogP contribution in [0.25, 0.3) is 11.1 Å². The zero-order valence-corrected chi connectivity index (χ0v) is 19.9. The van der Waals surface area contributed by atoms with E-state index in [9.17, 15) is 5.11 Å². The van der Waals surface area contributed by atoms with Crippen LogP contribution in [0.15, 0.2) is 114 Å². The third-order valence-electron chi connectivity index (χ3n) is 6.65. The molecule has 166 valence electrons. The molecule has 4 aromatic carbocycles. The number of rotatable bonds is 5. The molecule has 0 saturated carbocycles. The third-order valence-corrected chi connectivity index (χ3v) is 7.18. The molecule has 34 heavy (non-hydrogen) atoms. The first-order valence-corrected chi connectivity index (χ1v) is 12.0. The van der Waals surface area contributed by atoms with Crippen molar-refractivity contribution in [3.8, 4) is 11.1 Å². The van der Waals surface area contributed by atoms with E-state index in [1.54, 1.807) is 4.68 Å². The van der Waals surface area contributed by atoms with Crippen LogP contribution in [0.5, 0.6) is 0 Å². The Morgan fingerprint density at radius 3 is 2.00 bits per heavy atom. The molecule has 1 aliphatic carbocycles. The van der Waals surface area contributed by atoms with Gasteiger partial charge in [0.1, 0.15) is 11.3 Å². The Hall–Kier alpha value is -3.54. The number of hydrogen-bond donors (Lipinski definition) is 1. The minimum atomic E-state index is -1.39. The van der Waals surface area contributed by atoms with E-state index in [-0.39, 0.29) is 5.92 Å². The van der Waals surface area contributed by atoms with E-state index in [1.165, 1.54) is 0 Å². The van der Waals surface area contributed by atoms with Crippen LogP contribution in [0.2, 0.25) is 0 Å². The van der Waals surface area contributed by atoms with Crippen molar-refractivity contribution in [1.82, 2.24) is 15.0 Å². The van der Waals surface area contributed by atoms with Crippen molar-refractivity contribution in [2.75, 3.05) is 0 Å². The molecule has 1 aromatic heterocycles. The van der Waals surface area contributed by atoms with Crippen molar-refractivity contribution >= 4 is 15.9 Å². The van der Waals surface area contributed by atoms with E-state index in [0.717, 1.165) is 37.9 Å². The predicted molar refractivity (Wildman–Crippen MR) is 136 cm³/mol. The molecule has 0 radical (unpaired) electrons. The van der Waals surface area contributed by atoms with Gasteiger partial charge in [0.2, 0.25) is 0 Å². The Bertz CT molecular complexity index is 1420. The van der Waals surface area contributed by atoms with Gasteiger partial charge in [-0.25, -0.2) is 4.68 Å². The van der Waals surface area contributed by atoms with Crippen LogP contribution in [0.3, 0.4) is 0 Å². The van der Waals surface area contributed by atoms with E-state index in [4.69, 9.17) is 0 Å². The molecule has 0 bridgehead atoms. The summed E-state index contributed by atoms with van der Waals surface area (Å²) in [7, 11) is 0. The van der Waals surface area contributed by atoms with Crippen molar-refractivity contribution < 1.29 is 5.11 Å². The van der Waals surface area contributed by atoms with Crippen LogP contribution in [0.1, 0.15) is 33.9 Å². The minimum Gasteiger partial charge on any atom is -0.378 e. The molecular formula is C29H22BrN3O. The maximum Gasteiger partial charge on any atom is 0.146 e. The molecule has 0 spiro atoms. The Labute approximate surface area is 206 Å². The fourth-order valence-electron chi connectivity index (χ4n) is 5.09. The molecule has 1 heterocycles. The van der Waals surface area contributed by atoms with Crippen LogP contribution < -0.4 is 0 Å². The minimum absolute atomic E-state index is 0.305. The molecule has 1 N–H and O–H groups in total. The zero-order valence-electron chi connectivity index (χ0n) is 18.3. The SMILES string of the molecule is OC(c1ccccc1)(c1cn(Cc2ccc(Br)cc2)nn1)C1c2ccccc2-c2ccccc21. The molecule has 0 saturated heterocycles. The van der Waals surface area contributed by atoms with Gasteiger partial charge >= 0.3 is 0 Å². The van der Waals surface area contributed by atoms with Gasteiger partial charge in [-0.1, -0.05) is 112 Å². The highest BCUT2D eigenvalue weighted by Crippen LogP contribution is 2.54. The lowest BCUT2D eigenvalue weighted by Gasteiger charge is -2.34.